The number of halogens is 1. The van der Waals surface area contributed by atoms with Gasteiger partial charge in [0.25, 0.3) is 0 Å². The van der Waals surface area contributed by atoms with Crippen LogP contribution in [-0.2, 0) is 7.05 Å². The molecule has 0 aliphatic rings. The van der Waals surface area contributed by atoms with Crippen LogP contribution < -0.4 is 10.1 Å². The highest BCUT2D eigenvalue weighted by Crippen LogP contribution is 2.43. The first-order valence-corrected chi connectivity index (χ1v) is 9.87. The Labute approximate surface area is 183 Å². The Morgan fingerprint density at radius 2 is 2.10 bits per heavy atom. The Morgan fingerprint density at radius 1 is 1.32 bits per heavy atom. The summed E-state index contributed by atoms with van der Waals surface area (Å²) in [5, 5.41) is 13.3. The van der Waals surface area contributed by atoms with Crippen LogP contribution in [0.25, 0.3) is 22.3 Å². The van der Waals surface area contributed by atoms with Crippen molar-refractivity contribution >= 4 is 34.6 Å². The molecule has 1 atom stereocenters. The maximum atomic E-state index is 11.5. The number of rotatable bonds is 6. The van der Waals surface area contributed by atoms with Gasteiger partial charge in [-0.15, -0.1) is 0 Å². The number of carbonyl (C=O) groups is 1. The molecule has 0 amide bonds. The molecule has 0 saturated heterocycles. The molecule has 0 aliphatic heterocycles. The third-order valence-electron chi connectivity index (χ3n) is 5.26. The Bertz CT molecular complexity index is 1300. The molecule has 31 heavy (non-hydrogen) atoms. The second-order valence-corrected chi connectivity index (χ2v) is 7.61. The van der Waals surface area contributed by atoms with Crippen molar-refractivity contribution in [3.63, 3.8) is 0 Å². The van der Waals surface area contributed by atoms with E-state index in [-0.39, 0.29) is 11.7 Å². The second kappa shape index (κ2) is 7.92. The van der Waals surface area contributed by atoms with E-state index >= 15 is 0 Å². The molecule has 160 valence electrons. The molecule has 10 heteroatoms. The number of hydrogen-bond donors (Lipinski definition) is 3. The zero-order chi connectivity index (χ0) is 22.3. The van der Waals surface area contributed by atoms with Gasteiger partial charge in [0.15, 0.2) is 11.5 Å². The summed E-state index contributed by atoms with van der Waals surface area (Å²) in [5.74, 6) is 0.179. The highest BCUT2D eigenvalue weighted by molar-refractivity contribution is 6.32. The van der Waals surface area contributed by atoms with E-state index in [4.69, 9.17) is 16.3 Å². The fraction of sp³-hybridized carbons (Fsp3) is 0.238. The van der Waals surface area contributed by atoms with Gasteiger partial charge in [-0.3, -0.25) is 0 Å². The van der Waals surface area contributed by atoms with Crippen molar-refractivity contribution in [1.82, 2.24) is 24.5 Å². The monoisotopic (exact) mass is 440 g/mol. The molecule has 0 saturated carbocycles. The van der Waals surface area contributed by atoms with Crippen molar-refractivity contribution in [3.05, 3.63) is 52.8 Å². The van der Waals surface area contributed by atoms with Gasteiger partial charge in [0, 0.05) is 35.0 Å². The van der Waals surface area contributed by atoms with E-state index in [1.54, 1.807) is 37.3 Å². The number of H-pyrrole nitrogens is 1. The molecule has 0 fully saturated rings. The zero-order valence-electron chi connectivity index (χ0n) is 17.4. The zero-order valence-corrected chi connectivity index (χ0v) is 18.2. The van der Waals surface area contributed by atoms with Crippen molar-refractivity contribution in [2.45, 2.75) is 19.9 Å². The number of methoxy groups -OCH3 is 1. The first kappa shape index (κ1) is 20.7. The summed E-state index contributed by atoms with van der Waals surface area (Å²) in [6.07, 6.45) is 4.77. The van der Waals surface area contributed by atoms with E-state index in [2.05, 4.69) is 25.3 Å². The molecule has 0 spiro atoms. The SMILES string of the molecule is COc1c(C(C)Nc2ncnc3[nH]cnc23)cc(Cl)c(C)c1-c1cc(C(=O)O)n(C)c1. The van der Waals surface area contributed by atoms with Gasteiger partial charge < -0.3 is 24.7 Å². The highest BCUT2D eigenvalue weighted by Gasteiger charge is 2.23. The number of hydrogen-bond acceptors (Lipinski definition) is 6. The average molecular weight is 441 g/mol. The van der Waals surface area contributed by atoms with Crippen molar-refractivity contribution in [3.8, 4) is 16.9 Å². The third-order valence-corrected chi connectivity index (χ3v) is 5.65. The number of imidazole rings is 1. The topological polar surface area (TPSA) is 118 Å². The van der Waals surface area contributed by atoms with Crippen molar-refractivity contribution in [2.24, 2.45) is 7.05 Å². The highest BCUT2D eigenvalue weighted by atomic mass is 35.5. The first-order chi connectivity index (χ1) is 14.8. The van der Waals surface area contributed by atoms with Crippen LogP contribution in [0.1, 0.15) is 34.6 Å². The van der Waals surface area contributed by atoms with Crippen LogP contribution in [0, 0.1) is 6.92 Å². The third kappa shape index (κ3) is 3.57. The number of aromatic carboxylic acids is 1. The minimum Gasteiger partial charge on any atom is -0.496 e. The Balaban J connectivity index is 1.82. The molecule has 0 bridgehead atoms. The van der Waals surface area contributed by atoms with Crippen LogP contribution in [-0.4, -0.2) is 42.7 Å². The van der Waals surface area contributed by atoms with Crippen molar-refractivity contribution < 1.29 is 14.6 Å². The van der Waals surface area contributed by atoms with E-state index in [1.165, 1.54) is 6.33 Å². The van der Waals surface area contributed by atoms with Gasteiger partial charge in [-0.05, 0) is 31.5 Å². The molecule has 1 unspecified atom stereocenters. The van der Waals surface area contributed by atoms with Gasteiger partial charge in [-0.2, -0.15) is 0 Å². The van der Waals surface area contributed by atoms with Gasteiger partial charge in [-0.1, -0.05) is 11.6 Å². The smallest absolute Gasteiger partial charge is 0.352 e. The second-order valence-electron chi connectivity index (χ2n) is 7.20. The molecule has 0 aliphatic carbocycles. The fourth-order valence-electron chi connectivity index (χ4n) is 3.70. The largest absolute Gasteiger partial charge is 0.496 e. The summed E-state index contributed by atoms with van der Waals surface area (Å²) >= 11 is 6.58. The minimum atomic E-state index is -1.01. The number of aromatic nitrogens is 5. The van der Waals surface area contributed by atoms with Gasteiger partial charge >= 0.3 is 5.97 Å². The normalized spacial score (nSPS) is 12.2. The molecule has 3 aromatic heterocycles. The van der Waals surface area contributed by atoms with Crippen LogP contribution >= 0.6 is 11.6 Å². The number of anilines is 1. The molecule has 3 heterocycles. The number of aryl methyl sites for hydroxylation is 1. The number of ether oxygens (including phenoxy) is 1. The van der Waals surface area contributed by atoms with Gasteiger partial charge in [-0.25, -0.2) is 19.7 Å². The van der Waals surface area contributed by atoms with Crippen molar-refractivity contribution in [1.29, 1.82) is 0 Å². The molecule has 4 rings (SSSR count). The molecule has 9 nitrogen and oxygen atoms in total. The number of nitrogens with one attached hydrogen (secondary N) is 2. The fourth-order valence-corrected chi connectivity index (χ4v) is 3.91. The predicted octanol–water partition coefficient (Wildman–Crippen LogP) is 4.20. The summed E-state index contributed by atoms with van der Waals surface area (Å²) in [6.45, 7) is 3.84. The predicted molar refractivity (Wildman–Crippen MR) is 118 cm³/mol. The number of benzene rings is 1. The van der Waals surface area contributed by atoms with Crippen LogP contribution in [0.2, 0.25) is 5.02 Å². The molecular formula is C21H21ClN6O3. The van der Waals surface area contributed by atoms with E-state index in [9.17, 15) is 9.90 Å². The van der Waals surface area contributed by atoms with Crippen LogP contribution in [0.5, 0.6) is 5.75 Å². The summed E-state index contributed by atoms with van der Waals surface area (Å²) in [6, 6.07) is 3.22. The first-order valence-electron chi connectivity index (χ1n) is 9.49. The van der Waals surface area contributed by atoms with E-state index in [0.29, 0.717) is 33.3 Å². The van der Waals surface area contributed by atoms with Crippen LogP contribution in [0.4, 0.5) is 5.82 Å². The lowest BCUT2D eigenvalue weighted by molar-refractivity contribution is 0.0686. The number of carboxylic acid groups (broad SMARTS) is 1. The van der Waals surface area contributed by atoms with Crippen molar-refractivity contribution in [2.75, 3.05) is 12.4 Å². The number of aromatic amines is 1. The summed E-state index contributed by atoms with van der Waals surface area (Å²) in [4.78, 5) is 27.2. The Hall–Kier alpha value is -3.59. The van der Waals surface area contributed by atoms with Gasteiger partial charge in [0.05, 0.1) is 19.5 Å². The standard InChI is InChI=1S/C21H21ClN6O3/c1-10-14(22)6-13(11(2)27-20-17-19(24-8-23-17)25-9-26-20)18(31-4)16(10)12-5-15(21(29)30)28(3)7-12/h5-9,11H,1-4H3,(H,29,30)(H2,23,24,25,26,27). The summed E-state index contributed by atoms with van der Waals surface area (Å²) in [7, 11) is 3.27. The lowest BCUT2D eigenvalue weighted by Gasteiger charge is -2.22. The van der Waals surface area contributed by atoms with Crippen LogP contribution in [0.3, 0.4) is 0 Å². The molecule has 4 aromatic rings. The minimum absolute atomic E-state index is 0.172. The lowest BCUT2D eigenvalue weighted by Crippen LogP contribution is -2.11. The quantitative estimate of drug-likeness (QED) is 0.411. The molecule has 1 aromatic carbocycles. The molecular weight excluding hydrogens is 420 g/mol. The maximum Gasteiger partial charge on any atom is 0.352 e. The van der Waals surface area contributed by atoms with E-state index < -0.39 is 5.97 Å². The average Bonchev–Trinajstić information content (AvgIpc) is 3.36. The number of nitrogens with zero attached hydrogens (tertiary/aromatic N) is 4. The Kier molecular flexibility index (Phi) is 5.28. The van der Waals surface area contributed by atoms with Crippen LogP contribution in [0.15, 0.2) is 31.0 Å². The van der Waals surface area contributed by atoms with E-state index in [1.807, 2.05) is 19.9 Å². The maximum absolute atomic E-state index is 11.5. The number of fused-ring (bicyclic) bond motifs is 1. The number of carboxylic acids is 1. The lowest BCUT2D eigenvalue weighted by atomic mass is 9.95. The van der Waals surface area contributed by atoms with Gasteiger partial charge in [0.2, 0.25) is 0 Å². The van der Waals surface area contributed by atoms with E-state index in [0.717, 1.165) is 16.7 Å². The Morgan fingerprint density at radius 3 is 2.77 bits per heavy atom. The molecule has 0 radical (unpaired) electrons. The summed E-state index contributed by atoms with van der Waals surface area (Å²) in [5.41, 5.74) is 4.48. The summed E-state index contributed by atoms with van der Waals surface area (Å²) < 4.78 is 7.36. The molecule has 3 N–H and O–H groups in total. The van der Waals surface area contributed by atoms with Gasteiger partial charge in [0.1, 0.15) is 23.3 Å².